The molecule has 1 heterocycles. The van der Waals surface area contributed by atoms with Crippen LogP contribution in [0.1, 0.15) is 17.0 Å². The average Bonchev–Trinajstić information content (AvgIpc) is 3.29. The molecule has 0 aliphatic heterocycles. The molecule has 0 unspecified atom stereocenters. The molecule has 3 aromatic carbocycles. The van der Waals surface area contributed by atoms with E-state index in [4.69, 9.17) is 0 Å². The Bertz CT molecular complexity index is 1310. The topological polar surface area (TPSA) is 59.3 Å². The number of halogens is 3. The molecule has 0 radical (unpaired) electrons. The Morgan fingerprint density at radius 2 is 1.42 bits per heavy atom. The molecule has 154 valence electrons. The van der Waals surface area contributed by atoms with Crippen LogP contribution in [0.4, 0.5) is 13.2 Å². The third-order valence-corrected chi connectivity index (χ3v) is 5.16. The fourth-order valence-electron chi connectivity index (χ4n) is 3.86. The minimum absolute atomic E-state index is 0.174. The van der Waals surface area contributed by atoms with Crippen molar-refractivity contribution in [2.45, 2.75) is 12.7 Å². The van der Waals surface area contributed by atoms with Gasteiger partial charge in [-0.15, -0.1) is 0 Å². The number of aromatic nitrogens is 2. The van der Waals surface area contributed by atoms with E-state index in [0.717, 1.165) is 26.8 Å². The standard InChI is InChI=1S/C23H15F3N4O/c24-23(25,26)22-27-18-11-5-6-12-19(18)30(22)13-20(31)28-29-21-16-9-3-1-7-14(16)15-8-2-4-10-17(15)21/h1-12H,13H2,(H,28,31). The lowest BCUT2D eigenvalue weighted by molar-refractivity contribution is -0.147. The third kappa shape index (κ3) is 3.26. The summed E-state index contributed by atoms with van der Waals surface area (Å²) in [5.74, 6) is -1.80. The van der Waals surface area contributed by atoms with E-state index >= 15 is 0 Å². The van der Waals surface area contributed by atoms with Crippen LogP contribution in [0.5, 0.6) is 0 Å². The molecule has 0 bridgehead atoms. The molecule has 1 amide bonds. The molecular weight excluding hydrogens is 405 g/mol. The number of carbonyl (C=O) groups is 1. The number of fused-ring (bicyclic) bond motifs is 4. The number of benzene rings is 3. The number of rotatable bonds is 3. The maximum Gasteiger partial charge on any atom is 0.449 e. The van der Waals surface area contributed by atoms with E-state index < -0.39 is 24.5 Å². The van der Waals surface area contributed by atoms with Crippen LogP contribution >= 0.6 is 0 Å². The first-order valence-corrected chi connectivity index (χ1v) is 9.51. The molecule has 0 saturated carbocycles. The van der Waals surface area contributed by atoms with E-state index in [1.807, 2.05) is 48.5 Å². The highest BCUT2D eigenvalue weighted by Crippen LogP contribution is 2.36. The predicted molar refractivity (Wildman–Crippen MR) is 110 cm³/mol. The zero-order chi connectivity index (χ0) is 21.6. The average molecular weight is 420 g/mol. The fourth-order valence-corrected chi connectivity index (χ4v) is 3.86. The van der Waals surface area contributed by atoms with Gasteiger partial charge in [-0.2, -0.15) is 18.3 Å². The van der Waals surface area contributed by atoms with Crippen molar-refractivity contribution in [2.24, 2.45) is 5.10 Å². The summed E-state index contributed by atoms with van der Waals surface area (Å²) in [6.07, 6.45) is -4.69. The van der Waals surface area contributed by atoms with Gasteiger partial charge in [-0.3, -0.25) is 4.79 Å². The molecule has 31 heavy (non-hydrogen) atoms. The Morgan fingerprint density at radius 3 is 2.03 bits per heavy atom. The lowest BCUT2D eigenvalue weighted by atomic mass is 10.1. The van der Waals surface area contributed by atoms with Gasteiger partial charge in [-0.05, 0) is 23.3 Å². The summed E-state index contributed by atoms with van der Waals surface area (Å²) in [4.78, 5) is 16.2. The molecule has 0 atom stereocenters. The number of nitrogens with zero attached hydrogens (tertiary/aromatic N) is 3. The minimum atomic E-state index is -4.69. The van der Waals surface area contributed by atoms with Crippen molar-refractivity contribution in [3.05, 3.63) is 89.7 Å². The van der Waals surface area contributed by atoms with Crippen molar-refractivity contribution >= 4 is 22.7 Å². The summed E-state index contributed by atoms with van der Waals surface area (Å²) < 4.78 is 41.2. The molecule has 4 aromatic rings. The van der Waals surface area contributed by atoms with E-state index in [0.29, 0.717) is 5.71 Å². The van der Waals surface area contributed by atoms with Crippen molar-refractivity contribution < 1.29 is 18.0 Å². The summed E-state index contributed by atoms with van der Waals surface area (Å²) in [7, 11) is 0. The van der Waals surface area contributed by atoms with Gasteiger partial charge in [0.05, 0.1) is 16.7 Å². The van der Waals surface area contributed by atoms with E-state index in [-0.39, 0.29) is 11.0 Å². The van der Waals surface area contributed by atoms with Crippen molar-refractivity contribution in [3.8, 4) is 11.1 Å². The first kappa shape index (κ1) is 19.0. The highest BCUT2D eigenvalue weighted by Gasteiger charge is 2.38. The van der Waals surface area contributed by atoms with Gasteiger partial charge in [-0.1, -0.05) is 60.7 Å². The van der Waals surface area contributed by atoms with Gasteiger partial charge in [0.1, 0.15) is 6.54 Å². The van der Waals surface area contributed by atoms with Crippen LogP contribution < -0.4 is 5.43 Å². The molecule has 1 N–H and O–H groups in total. The van der Waals surface area contributed by atoms with Crippen LogP contribution in [0, 0.1) is 0 Å². The smallest absolute Gasteiger partial charge is 0.311 e. The number of hydrazone groups is 1. The molecule has 0 spiro atoms. The van der Waals surface area contributed by atoms with Crippen LogP contribution in [-0.2, 0) is 17.5 Å². The van der Waals surface area contributed by atoms with E-state index in [1.54, 1.807) is 12.1 Å². The third-order valence-electron chi connectivity index (χ3n) is 5.16. The monoisotopic (exact) mass is 420 g/mol. The highest BCUT2D eigenvalue weighted by atomic mass is 19.4. The van der Waals surface area contributed by atoms with Crippen LogP contribution in [0.2, 0.25) is 0 Å². The van der Waals surface area contributed by atoms with Gasteiger partial charge in [0.25, 0.3) is 5.91 Å². The van der Waals surface area contributed by atoms with Gasteiger partial charge >= 0.3 is 6.18 Å². The zero-order valence-electron chi connectivity index (χ0n) is 16.0. The van der Waals surface area contributed by atoms with Gasteiger partial charge < -0.3 is 4.57 Å². The molecule has 8 heteroatoms. The van der Waals surface area contributed by atoms with Crippen LogP contribution in [-0.4, -0.2) is 21.2 Å². The summed E-state index contributed by atoms with van der Waals surface area (Å²) in [5.41, 5.74) is 7.09. The highest BCUT2D eigenvalue weighted by molar-refractivity contribution is 6.24. The quantitative estimate of drug-likeness (QED) is 0.434. The van der Waals surface area contributed by atoms with Gasteiger partial charge in [0.2, 0.25) is 5.82 Å². The number of nitrogens with one attached hydrogen (secondary N) is 1. The zero-order valence-corrected chi connectivity index (χ0v) is 16.0. The lowest BCUT2D eigenvalue weighted by Crippen LogP contribution is -2.27. The molecule has 1 aliphatic rings. The number of hydrogen-bond acceptors (Lipinski definition) is 3. The fraction of sp³-hybridized carbons (Fsp3) is 0.0870. The second-order valence-corrected chi connectivity index (χ2v) is 7.09. The molecular formula is C23H15F3N4O. The van der Waals surface area contributed by atoms with Gasteiger partial charge in [0, 0.05) is 11.1 Å². The molecule has 5 nitrogen and oxygen atoms in total. The second kappa shape index (κ2) is 7.09. The molecule has 1 aliphatic carbocycles. The maximum atomic E-state index is 13.5. The van der Waals surface area contributed by atoms with E-state index in [9.17, 15) is 18.0 Å². The largest absolute Gasteiger partial charge is 0.449 e. The van der Waals surface area contributed by atoms with Crippen LogP contribution in [0.15, 0.2) is 77.9 Å². The first-order chi connectivity index (χ1) is 14.9. The summed E-state index contributed by atoms with van der Waals surface area (Å²) in [5, 5.41) is 4.26. The van der Waals surface area contributed by atoms with Crippen molar-refractivity contribution in [1.29, 1.82) is 0 Å². The molecule has 0 saturated heterocycles. The number of hydrogen-bond donors (Lipinski definition) is 1. The number of imidazole rings is 1. The summed E-state index contributed by atoms with van der Waals surface area (Å²) in [6.45, 7) is -0.560. The first-order valence-electron chi connectivity index (χ1n) is 9.51. The van der Waals surface area contributed by atoms with Gasteiger partial charge in [-0.25, -0.2) is 10.4 Å². The van der Waals surface area contributed by atoms with E-state index in [2.05, 4.69) is 15.5 Å². The SMILES string of the molecule is O=C(Cn1c(C(F)(F)F)nc2ccccc21)NN=C1c2ccccc2-c2ccccc21. The second-order valence-electron chi connectivity index (χ2n) is 7.09. The molecule has 1 aromatic heterocycles. The van der Waals surface area contributed by atoms with E-state index in [1.165, 1.54) is 12.1 Å². The van der Waals surface area contributed by atoms with Gasteiger partial charge in [0.15, 0.2) is 0 Å². The number of carbonyl (C=O) groups excluding carboxylic acids is 1. The Kier molecular flexibility index (Phi) is 4.35. The Balaban J connectivity index is 1.47. The Hall–Kier alpha value is -3.94. The Labute approximate surface area is 174 Å². The maximum absolute atomic E-state index is 13.5. The molecule has 5 rings (SSSR count). The minimum Gasteiger partial charge on any atom is -0.311 e. The number of para-hydroxylation sites is 2. The van der Waals surface area contributed by atoms with Crippen molar-refractivity contribution in [3.63, 3.8) is 0 Å². The predicted octanol–water partition coefficient (Wildman–Crippen LogP) is 4.60. The van der Waals surface area contributed by atoms with Crippen LogP contribution in [0.3, 0.4) is 0 Å². The summed E-state index contributed by atoms with van der Waals surface area (Å²) >= 11 is 0. The summed E-state index contributed by atoms with van der Waals surface area (Å²) in [6, 6.07) is 21.5. The van der Waals surface area contributed by atoms with Crippen LogP contribution in [0.25, 0.3) is 22.2 Å². The van der Waals surface area contributed by atoms with Crippen molar-refractivity contribution in [2.75, 3.05) is 0 Å². The number of amides is 1. The normalized spacial score (nSPS) is 12.5. The number of alkyl halides is 3. The molecule has 0 fully saturated rings. The lowest BCUT2D eigenvalue weighted by Gasteiger charge is -2.10. The van der Waals surface area contributed by atoms with Crippen molar-refractivity contribution in [1.82, 2.24) is 15.0 Å². The Morgan fingerprint density at radius 1 is 0.871 bits per heavy atom.